The SMILES string of the molecule is CC[C@H](C(=O)NC)N(Cc1ccc(F)cc1)C(=O)CN(c1ccc(I)cc1)S(=O)(=O)c1ccccc1. The third-order valence-electron chi connectivity index (χ3n) is 5.62. The number of halogens is 2. The van der Waals surface area contributed by atoms with Crippen molar-refractivity contribution >= 4 is 50.1 Å². The molecule has 0 saturated heterocycles. The lowest BCUT2D eigenvalue weighted by atomic mass is 10.1. The van der Waals surface area contributed by atoms with Crippen molar-refractivity contribution in [3.63, 3.8) is 0 Å². The Balaban J connectivity index is 2.03. The van der Waals surface area contributed by atoms with Crippen LogP contribution in [-0.4, -0.2) is 44.8 Å². The smallest absolute Gasteiger partial charge is 0.264 e. The monoisotopic (exact) mass is 623 g/mol. The van der Waals surface area contributed by atoms with Gasteiger partial charge in [0.05, 0.1) is 10.6 Å². The highest BCUT2D eigenvalue weighted by atomic mass is 127. The van der Waals surface area contributed by atoms with Crippen molar-refractivity contribution < 1.29 is 22.4 Å². The molecule has 3 aromatic carbocycles. The number of benzene rings is 3. The summed E-state index contributed by atoms with van der Waals surface area (Å²) >= 11 is 2.11. The van der Waals surface area contributed by atoms with Gasteiger partial charge in [0.2, 0.25) is 11.8 Å². The van der Waals surface area contributed by atoms with Crippen LogP contribution >= 0.6 is 22.6 Å². The Morgan fingerprint density at radius 2 is 1.58 bits per heavy atom. The molecule has 1 N–H and O–H groups in total. The van der Waals surface area contributed by atoms with Gasteiger partial charge in [-0.3, -0.25) is 13.9 Å². The van der Waals surface area contributed by atoms with E-state index in [-0.39, 0.29) is 17.3 Å². The van der Waals surface area contributed by atoms with Gasteiger partial charge in [-0.25, -0.2) is 12.8 Å². The highest BCUT2D eigenvalue weighted by Crippen LogP contribution is 2.25. The van der Waals surface area contributed by atoms with Crippen molar-refractivity contribution in [3.05, 3.63) is 93.8 Å². The number of nitrogens with one attached hydrogen (secondary N) is 1. The summed E-state index contributed by atoms with van der Waals surface area (Å²) in [5.74, 6) is -1.36. The fourth-order valence-corrected chi connectivity index (χ4v) is 5.52. The molecule has 36 heavy (non-hydrogen) atoms. The van der Waals surface area contributed by atoms with Gasteiger partial charge in [0, 0.05) is 17.2 Å². The molecule has 0 aliphatic rings. The molecule has 0 heterocycles. The Hall–Kier alpha value is -2.99. The minimum Gasteiger partial charge on any atom is -0.357 e. The zero-order valence-electron chi connectivity index (χ0n) is 19.9. The Bertz CT molecular complexity index is 1290. The fraction of sp³-hybridized carbons (Fsp3) is 0.231. The third kappa shape index (κ3) is 6.61. The zero-order valence-corrected chi connectivity index (χ0v) is 22.9. The molecule has 0 saturated carbocycles. The highest BCUT2D eigenvalue weighted by Gasteiger charge is 2.33. The molecule has 0 aromatic heterocycles. The average molecular weight is 623 g/mol. The lowest BCUT2D eigenvalue weighted by Crippen LogP contribution is -2.51. The second-order valence-corrected chi connectivity index (χ2v) is 11.1. The predicted molar refractivity (Wildman–Crippen MR) is 145 cm³/mol. The Morgan fingerprint density at radius 3 is 2.14 bits per heavy atom. The van der Waals surface area contributed by atoms with Crippen LogP contribution in [0.25, 0.3) is 0 Å². The lowest BCUT2D eigenvalue weighted by molar-refractivity contribution is -0.140. The maximum Gasteiger partial charge on any atom is 0.264 e. The van der Waals surface area contributed by atoms with Gasteiger partial charge in [-0.05, 0) is 83.1 Å². The summed E-state index contributed by atoms with van der Waals surface area (Å²) in [5, 5.41) is 2.57. The van der Waals surface area contributed by atoms with Crippen molar-refractivity contribution in [2.45, 2.75) is 30.8 Å². The highest BCUT2D eigenvalue weighted by molar-refractivity contribution is 14.1. The van der Waals surface area contributed by atoms with Crippen LogP contribution in [0.15, 0.2) is 83.8 Å². The molecule has 0 unspecified atom stereocenters. The molecule has 2 amide bonds. The van der Waals surface area contributed by atoms with E-state index in [0.717, 1.165) is 7.88 Å². The molecule has 1 atom stereocenters. The number of amides is 2. The number of hydrogen-bond donors (Lipinski definition) is 1. The number of anilines is 1. The van der Waals surface area contributed by atoms with E-state index < -0.39 is 34.3 Å². The second-order valence-electron chi connectivity index (χ2n) is 7.99. The maximum atomic E-state index is 13.7. The standard InChI is InChI=1S/C26H27FIN3O4S/c1-3-24(26(33)29-2)30(17-19-9-11-20(27)12-10-19)25(32)18-31(22-15-13-21(28)14-16-22)36(34,35)23-7-5-4-6-8-23/h4-16,24H,3,17-18H2,1-2H3,(H,29,33)/t24-/m1/s1. The number of carbonyl (C=O) groups is 2. The minimum atomic E-state index is -4.10. The topological polar surface area (TPSA) is 86.8 Å². The van der Waals surface area contributed by atoms with Crippen LogP contribution in [0.4, 0.5) is 10.1 Å². The summed E-state index contributed by atoms with van der Waals surface area (Å²) in [7, 11) is -2.62. The summed E-state index contributed by atoms with van der Waals surface area (Å²) in [6.45, 7) is 1.26. The van der Waals surface area contributed by atoms with Crippen LogP contribution in [0.2, 0.25) is 0 Å². The van der Waals surface area contributed by atoms with Gasteiger partial charge < -0.3 is 10.2 Å². The molecular weight excluding hydrogens is 596 g/mol. The quantitative estimate of drug-likeness (QED) is 0.344. The number of carbonyl (C=O) groups excluding carboxylic acids is 2. The number of hydrogen-bond acceptors (Lipinski definition) is 4. The van der Waals surface area contributed by atoms with Gasteiger partial charge in [0.15, 0.2) is 0 Å². The van der Waals surface area contributed by atoms with E-state index in [4.69, 9.17) is 0 Å². The lowest BCUT2D eigenvalue weighted by Gasteiger charge is -2.33. The molecule has 0 aliphatic carbocycles. The first-order valence-corrected chi connectivity index (χ1v) is 13.8. The van der Waals surface area contributed by atoms with Gasteiger partial charge in [-0.1, -0.05) is 37.3 Å². The van der Waals surface area contributed by atoms with E-state index in [1.54, 1.807) is 49.4 Å². The second kappa shape index (κ2) is 12.3. The molecule has 0 spiro atoms. The predicted octanol–water partition coefficient (Wildman–Crippen LogP) is 4.18. The minimum absolute atomic E-state index is 0.0109. The van der Waals surface area contributed by atoms with Crippen molar-refractivity contribution in [2.24, 2.45) is 0 Å². The first kappa shape index (κ1) is 27.6. The van der Waals surface area contributed by atoms with Crippen LogP contribution in [0.3, 0.4) is 0 Å². The molecule has 7 nitrogen and oxygen atoms in total. The van der Waals surface area contributed by atoms with Gasteiger partial charge in [-0.2, -0.15) is 0 Å². The van der Waals surface area contributed by atoms with Crippen molar-refractivity contribution in [2.75, 3.05) is 17.9 Å². The van der Waals surface area contributed by atoms with Crippen LogP contribution in [-0.2, 0) is 26.2 Å². The number of sulfonamides is 1. The zero-order chi connectivity index (χ0) is 26.3. The Morgan fingerprint density at radius 1 is 0.972 bits per heavy atom. The van der Waals surface area contributed by atoms with Crippen LogP contribution in [0.5, 0.6) is 0 Å². The van der Waals surface area contributed by atoms with E-state index >= 15 is 0 Å². The molecule has 0 radical (unpaired) electrons. The fourth-order valence-electron chi connectivity index (χ4n) is 3.73. The van der Waals surface area contributed by atoms with Gasteiger partial charge >= 0.3 is 0 Å². The Kier molecular flexibility index (Phi) is 9.43. The van der Waals surface area contributed by atoms with Crippen molar-refractivity contribution in [1.29, 1.82) is 0 Å². The normalized spacial score (nSPS) is 12.0. The average Bonchev–Trinajstić information content (AvgIpc) is 2.89. The van der Waals surface area contributed by atoms with Gasteiger partial charge in [-0.15, -0.1) is 0 Å². The number of rotatable bonds is 10. The van der Waals surface area contributed by atoms with E-state index in [2.05, 4.69) is 27.9 Å². The van der Waals surface area contributed by atoms with Gasteiger partial charge in [0.25, 0.3) is 10.0 Å². The van der Waals surface area contributed by atoms with Crippen LogP contribution in [0.1, 0.15) is 18.9 Å². The molecule has 0 fully saturated rings. The summed E-state index contributed by atoms with van der Waals surface area (Å²) in [5.41, 5.74) is 0.932. The summed E-state index contributed by atoms with van der Waals surface area (Å²) in [6.07, 6.45) is 0.307. The van der Waals surface area contributed by atoms with E-state index in [1.807, 2.05) is 0 Å². The molecule has 3 aromatic rings. The molecule has 10 heteroatoms. The Labute approximate surface area is 224 Å². The largest absolute Gasteiger partial charge is 0.357 e. The first-order chi connectivity index (χ1) is 17.2. The van der Waals surface area contributed by atoms with Gasteiger partial charge in [0.1, 0.15) is 18.4 Å². The molecule has 190 valence electrons. The van der Waals surface area contributed by atoms with E-state index in [1.165, 1.54) is 48.3 Å². The van der Waals surface area contributed by atoms with E-state index in [9.17, 15) is 22.4 Å². The summed E-state index contributed by atoms with van der Waals surface area (Å²) < 4.78 is 42.7. The first-order valence-electron chi connectivity index (χ1n) is 11.3. The van der Waals surface area contributed by atoms with Crippen LogP contribution < -0.4 is 9.62 Å². The molecule has 3 rings (SSSR count). The third-order valence-corrected chi connectivity index (χ3v) is 8.13. The maximum absolute atomic E-state index is 13.7. The molecule has 0 aliphatic heterocycles. The van der Waals surface area contributed by atoms with Crippen LogP contribution in [0, 0.1) is 9.39 Å². The van der Waals surface area contributed by atoms with Crippen molar-refractivity contribution in [3.8, 4) is 0 Å². The van der Waals surface area contributed by atoms with E-state index in [0.29, 0.717) is 17.7 Å². The summed E-state index contributed by atoms with van der Waals surface area (Å²) in [6, 6.07) is 19.4. The number of likely N-dealkylation sites (N-methyl/N-ethyl adjacent to an activating group) is 1. The molecule has 0 bridgehead atoms. The molecular formula is C26H27FIN3O4S. The number of nitrogens with zero attached hydrogens (tertiary/aromatic N) is 2. The van der Waals surface area contributed by atoms with Crippen molar-refractivity contribution in [1.82, 2.24) is 10.2 Å². The summed E-state index contributed by atoms with van der Waals surface area (Å²) in [4.78, 5) is 27.8.